The van der Waals surface area contributed by atoms with Gasteiger partial charge in [0, 0.05) is 29.6 Å². The van der Waals surface area contributed by atoms with E-state index < -0.39 is 11.9 Å². The Balaban J connectivity index is 0.000000501. The second-order valence-corrected chi connectivity index (χ2v) is 7.51. The van der Waals surface area contributed by atoms with Crippen molar-refractivity contribution in [1.82, 2.24) is 10.2 Å². The Bertz CT molecular complexity index is 900. The van der Waals surface area contributed by atoms with Crippen LogP contribution in [0.5, 0.6) is 5.75 Å². The Kier molecular flexibility index (Phi) is 9.30. The molecule has 1 heterocycles. The highest BCUT2D eigenvalue weighted by molar-refractivity contribution is 6.31. The molecular weight excluding hydrogens is 424 g/mol. The number of carboxylic acids is 2. The first kappa shape index (κ1) is 24.2. The molecule has 0 spiro atoms. The summed E-state index contributed by atoms with van der Waals surface area (Å²) in [6.45, 7) is 2.91. The third-order valence-electron chi connectivity index (χ3n) is 4.94. The number of carbonyl (C=O) groups is 3. The lowest BCUT2D eigenvalue weighted by molar-refractivity contribution is -0.159. The number of phenols is 1. The quantitative estimate of drug-likeness (QED) is 0.518. The molecule has 9 heteroatoms. The molecule has 0 atom stereocenters. The molecule has 4 N–H and O–H groups in total. The molecule has 1 aliphatic rings. The lowest BCUT2D eigenvalue weighted by Crippen LogP contribution is -2.40. The fraction of sp³-hybridized carbons (Fsp3) is 0.318. The minimum absolute atomic E-state index is 0.0445. The van der Waals surface area contributed by atoms with Crippen molar-refractivity contribution in [3.8, 4) is 5.75 Å². The Morgan fingerprint density at radius 1 is 0.935 bits per heavy atom. The number of halogens is 1. The third kappa shape index (κ3) is 7.92. The van der Waals surface area contributed by atoms with Crippen LogP contribution in [0.3, 0.4) is 0 Å². The third-order valence-corrected chi connectivity index (χ3v) is 5.31. The number of aliphatic carboxylic acids is 2. The number of phenolic OH excluding ortho intramolecular Hbond substituents is 1. The molecule has 1 fully saturated rings. The predicted octanol–water partition coefficient (Wildman–Crippen LogP) is 2.73. The number of hydrogen-bond donors (Lipinski definition) is 4. The molecule has 0 radical (unpaired) electrons. The van der Waals surface area contributed by atoms with Gasteiger partial charge in [0.15, 0.2) is 0 Å². The average molecular weight is 449 g/mol. The lowest BCUT2D eigenvalue weighted by atomic mass is 9.95. The molecule has 2 aromatic carbocycles. The number of carbonyl (C=O) groups excluding carboxylic acids is 1. The molecule has 2 aromatic rings. The maximum absolute atomic E-state index is 12.4. The van der Waals surface area contributed by atoms with Gasteiger partial charge in [-0.15, -0.1) is 0 Å². The van der Waals surface area contributed by atoms with Crippen molar-refractivity contribution < 1.29 is 29.7 Å². The predicted molar refractivity (Wildman–Crippen MR) is 115 cm³/mol. The van der Waals surface area contributed by atoms with Gasteiger partial charge in [0.05, 0.1) is 0 Å². The van der Waals surface area contributed by atoms with Gasteiger partial charge in [-0.3, -0.25) is 9.69 Å². The Labute approximate surface area is 185 Å². The van der Waals surface area contributed by atoms with Crippen molar-refractivity contribution in [1.29, 1.82) is 0 Å². The van der Waals surface area contributed by atoms with Gasteiger partial charge in [-0.25, -0.2) is 9.59 Å². The number of aromatic hydroxyl groups is 1. The fourth-order valence-electron chi connectivity index (χ4n) is 3.21. The summed E-state index contributed by atoms with van der Waals surface area (Å²) in [5.41, 5.74) is 1.87. The molecule has 1 saturated heterocycles. The zero-order valence-electron chi connectivity index (χ0n) is 16.8. The van der Waals surface area contributed by atoms with Crippen LogP contribution >= 0.6 is 11.6 Å². The molecule has 0 bridgehead atoms. The molecule has 166 valence electrons. The molecule has 8 nitrogen and oxygen atoms in total. The van der Waals surface area contributed by atoms with E-state index in [-0.39, 0.29) is 11.8 Å². The van der Waals surface area contributed by atoms with Crippen molar-refractivity contribution in [2.45, 2.75) is 25.9 Å². The number of rotatable bonds is 5. The lowest BCUT2D eigenvalue weighted by Gasteiger charge is -2.31. The standard InChI is InChI=1S/C20H23ClN2O2.C2H2O4/c21-18-7-3-1-5-16(18)13-22-20(25)15-9-11-23(12-10-15)14-17-6-2-4-8-19(17)24;3-1(4)2(5)6/h1-8,15,24H,9-14H2,(H,22,25);(H,3,4)(H,5,6). The molecule has 0 aromatic heterocycles. The summed E-state index contributed by atoms with van der Waals surface area (Å²) in [6, 6.07) is 15.0. The highest BCUT2D eigenvalue weighted by atomic mass is 35.5. The number of amides is 1. The largest absolute Gasteiger partial charge is 0.508 e. The summed E-state index contributed by atoms with van der Waals surface area (Å²) in [5, 5.41) is 28.3. The van der Waals surface area contributed by atoms with Gasteiger partial charge in [-0.2, -0.15) is 0 Å². The van der Waals surface area contributed by atoms with Gasteiger partial charge < -0.3 is 20.6 Å². The van der Waals surface area contributed by atoms with E-state index in [0.29, 0.717) is 17.3 Å². The molecule has 1 aliphatic heterocycles. The number of likely N-dealkylation sites (tertiary alicyclic amines) is 1. The minimum Gasteiger partial charge on any atom is -0.508 e. The van der Waals surface area contributed by atoms with Gasteiger partial charge in [0.1, 0.15) is 5.75 Å². The van der Waals surface area contributed by atoms with Crippen LogP contribution < -0.4 is 5.32 Å². The van der Waals surface area contributed by atoms with E-state index in [1.54, 1.807) is 6.07 Å². The zero-order chi connectivity index (χ0) is 22.8. The SMILES string of the molecule is O=C(NCc1ccccc1Cl)C1CCN(Cc2ccccc2O)CC1.O=C(O)C(=O)O. The van der Waals surface area contributed by atoms with Crippen molar-refractivity contribution in [3.63, 3.8) is 0 Å². The van der Waals surface area contributed by atoms with Crippen molar-refractivity contribution in [2.24, 2.45) is 5.92 Å². The zero-order valence-corrected chi connectivity index (χ0v) is 17.6. The summed E-state index contributed by atoms with van der Waals surface area (Å²) >= 11 is 6.12. The number of benzene rings is 2. The number of piperidine rings is 1. The smallest absolute Gasteiger partial charge is 0.414 e. The summed E-state index contributed by atoms with van der Waals surface area (Å²) in [4.78, 5) is 32.9. The van der Waals surface area contributed by atoms with E-state index >= 15 is 0 Å². The van der Waals surface area contributed by atoms with E-state index in [1.807, 2.05) is 42.5 Å². The molecule has 1 amide bonds. The van der Waals surface area contributed by atoms with Crippen LogP contribution in [0, 0.1) is 5.92 Å². The van der Waals surface area contributed by atoms with E-state index in [1.165, 1.54) is 0 Å². The van der Waals surface area contributed by atoms with Crippen LogP contribution in [-0.4, -0.2) is 51.2 Å². The summed E-state index contributed by atoms with van der Waals surface area (Å²) in [6.07, 6.45) is 1.67. The Morgan fingerprint density at radius 3 is 2.03 bits per heavy atom. The first-order chi connectivity index (χ1) is 14.8. The first-order valence-electron chi connectivity index (χ1n) is 9.74. The monoisotopic (exact) mass is 448 g/mol. The van der Waals surface area contributed by atoms with Crippen LogP contribution in [0.15, 0.2) is 48.5 Å². The maximum atomic E-state index is 12.4. The number of hydrogen-bond acceptors (Lipinski definition) is 5. The summed E-state index contributed by atoms with van der Waals surface area (Å²) in [5.74, 6) is -3.17. The van der Waals surface area contributed by atoms with Crippen LogP contribution in [0.2, 0.25) is 5.02 Å². The normalized spacial score (nSPS) is 14.2. The van der Waals surface area contributed by atoms with Crippen LogP contribution in [-0.2, 0) is 27.5 Å². The van der Waals surface area contributed by atoms with Crippen molar-refractivity contribution in [3.05, 3.63) is 64.7 Å². The Hall–Kier alpha value is -3.10. The van der Waals surface area contributed by atoms with Crippen LogP contribution in [0.4, 0.5) is 0 Å². The molecule has 0 aliphatic carbocycles. The van der Waals surface area contributed by atoms with Crippen molar-refractivity contribution in [2.75, 3.05) is 13.1 Å². The van der Waals surface area contributed by atoms with Gasteiger partial charge in [0.2, 0.25) is 5.91 Å². The highest BCUT2D eigenvalue weighted by Gasteiger charge is 2.25. The molecule has 3 rings (SSSR count). The molecule has 31 heavy (non-hydrogen) atoms. The minimum atomic E-state index is -1.82. The number of para-hydroxylation sites is 1. The Morgan fingerprint density at radius 2 is 1.48 bits per heavy atom. The van der Waals surface area contributed by atoms with Crippen molar-refractivity contribution >= 4 is 29.4 Å². The highest BCUT2D eigenvalue weighted by Crippen LogP contribution is 2.23. The van der Waals surface area contributed by atoms with Crippen LogP contribution in [0.25, 0.3) is 0 Å². The number of nitrogens with zero attached hydrogens (tertiary/aromatic N) is 1. The summed E-state index contributed by atoms with van der Waals surface area (Å²) < 4.78 is 0. The van der Waals surface area contributed by atoms with E-state index in [2.05, 4.69) is 10.2 Å². The average Bonchev–Trinajstić information content (AvgIpc) is 2.75. The van der Waals surface area contributed by atoms with E-state index in [4.69, 9.17) is 31.4 Å². The van der Waals surface area contributed by atoms with E-state index in [9.17, 15) is 9.90 Å². The topological polar surface area (TPSA) is 127 Å². The molecular formula is C22H25ClN2O6. The number of carboxylic acid groups (broad SMARTS) is 2. The molecule has 0 saturated carbocycles. The van der Waals surface area contributed by atoms with Gasteiger partial charge in [0.25, 0.3) is 0 Å². The van der Waals surface area contributed by atoms with Gasteiger partial charge in [-0.05, 0) is 43.6 Å². The van der Waals surface area contributed by atoms with Crippen LogP contribution in [0.1, 0.15) is 24.0 Å². The van der Waals surface area contributed by atoms with Gasteiger partial charge in [-0.1, -0.05) is 48.0 Å². The second kappa shape index (κ2) is 11.9. The van der Waals surface area contributed by atoms with E-state index in [0.717, 1.165) is 43.6 Å². The first-order valence-corrected chi connectivity index (χ1v) is 10.1. The fourth-order valence-corrected chi connectivity index (χ4v) is 3.41. The maximum Gasteiger partial charge on any atom is 0.414 e. The van der Waals surface area contributed by atoms with Gasteiger partial charge >= 0.3 is 11.9 Å². The number of nitrogens with one attached hydrogen (secondary N) is 1. The second-order valence-electron chi connectivity index (χ2n) is 7.10. The molecule has 0 unspecified atom stereocenters. The summed E-state index contributed by atoms with van der Waals surface area (Å²) in [7, 11) is 0.